The van der Waals surface area contributed by atoms with E-state index in [4.69, 9.17) is 9.47 Å². The molecule has 2 heterocycles. The molecule has 1 atom stereocenters. The minimum Gasteiger partial charge on any atom is -0.489 e. The van der Waals surface area contributed by atoms with Crippen LogP contribution in [-0.2, 0) is 22.5 Å². The third-order valence-corrected chi connectivity index (χ3v) is 5.46. The molecule has 0 radical (unpaired) electrons. The highest BCUT2D eigenvalue weighted by Gasteiger charge is 2.26. The van der Waals surface area contributed by atoms with Crippen molar-refractivity contribution >= 4 is 11.6 Å². The lowest BCUT2D eigenvalue weighted by Gasteiger charge is -2.34. The molecule has 4 rings (SSSR count). The van der Waals surface area contributed by atoms with Crippen molar-refractivity contribution in [3.63, 3.8) is 0 Å². The predicted octanol–water partition coefficient (Wildman–Crippen LogP) is 3.27. The monoisotopic (exact) mass is 380 g/mol. The molecule has 0 aromatic heterocycles. The molecule has 2 aromatic carbocycles. The fraction of sp³-hybridized carbons (Fsp3) is 0.435. The number of para-hydroxylation sites is 1. The molecule has 0 aliphatic carbocycles. The van der Waals surface area contributed by atoms with Crippen LogP contribution in [0.15, 0.2) is 48.5 Å². The van der Waals surface area contributed by atoms with Gasteiger partial charge in [0, 0.05) is 33.1 Å². The zero-order valence-corrected chi connectivity index (χ0v) is 16.5. The Kier molecular flexibility index (Phi) is 5.93. The van der Waals surface area contributed by atoms with E-state index in [0.29, 0.717) is 13.2 Å². The lowest BCUT2D eigenvalue weighted by Crippen LogP contribution is -2.44. The van der Waals surface area contributed by atoms with Gasteiger partial charge in [-0.3, -0.25) is 9.69 Å². The topological polar surface area (TPSA) is 42.0 Å². The molecular formula is C23H28N2O3. The Hall–Kier alpha value is -2.37. The second kappa shape index (κ2) is 8.76. The lowest BCUT2D eigenvalue weighted by atomic mass is 10.0. The Morgan fingerprint density at radius 3 is 2.82 bits per heavy atom. The number of aryl methyl sites for hydroxylation is 1. The van der Waals surface area contributed by atoms with Gasteiger partial charge >= 0.3 is 0 Å². The van der Waals surface area contributed by atoms with Crippen LogP contribution in [0.3, 0.4) is 0 Å². The first-order chi connectivity index (χ1) is 13.7. The summed E-state index contributed by atoms with van der Waals surface area (Å²) >= 11 is 0. The summed E-state index contributed by atoms with van der Waals surface area (Å²) in [6, 6.07) is 16.6. The molecule has 1 fully saturated rings. The number of hydrogen-bond acceptors (Lipinski definition) is 4. The number of morpholine rings is 1. The van der Waals surface area contributed by atoms with Crippen LogP contribution in [-0.4, -0.2) is 49.8 Å². The summed E-state index contributed by atoms with van der Waals surface area (Å²) in [6.07, 6.45) is 2.01. The molecule has 0 spiro atoms. The molecule has 1 amide bonds. The fourth-order valence-electron chi connectivity index (χ4n) is 4.10. The third kappa shape index (κ3) is 4.37. The first-order valence-corrected chi connectivity index (χ1v) is 10.1. The zero-order chi connectivity index (χ0) is 19.3. The van der Waals surface area contributed by atoms with Crippen molar-refractivity contribution in [2.75, 3.05) is 37.7 Å². The maximum Gasteiger partial charge on any atom is 0.223 e. The van der Waals surface area contributed by atoms with Crippen LogP contribution in [0.4, 0.5) is 5.69 Å². The average molecular weight is 380 g/mol. The maximum absolute atomic E-state index is 12.1. The van der Waals surface area contributed by atoms with Gasteiger partial charge in [0.25, 0.3) is 0 Å². The van der Waals surface area contributed by atoms with Gasteiger partial charge in [-0.15, -0.1) is 0 Å². The average Bonchev–Trinajstić information content (AvgIpc) is 2.72. The third-order valence-electron chi connectivity index (χ3n) is 5.46. The van der Waals surface area contributed by atoms with E-state index in [0.717, 1.165) is 50.5 Å². The highest BCUT2D eigenvalue weighted by Crippen LogP contribution is 2.36. The molecular weight excluding hydrogens is 352 g/mol. The van der Waals surface area contributed by atoms with Crippen LogP contribution in [0.2, 0.25) is 0 Å². The van der Waals surface area contributed by atoms with Gasteiger partial charge < -0.3 is 14.4 Å². The van der Waals surface area contributed by atoms with Crippen LogP contribution in [0.5, 0.6) is 5.75 Å². The molecule has 0 saturated carbocycles. The number of carbonyl (C=O) groups is 1. The number of fused-ring (bicyclic) bond motifs is 1. The molecule has 1 unspecified atom stereocenters. The van der Waals surface area contributed by atoms with Crippen LogP contribution in [0, 0.1) is 0 Å². The molecule has 5 nitrogen and oxygen atoms in total. The minimum absolute atomic E-state index is 0.0303. The Morgan fingerprint density at radius 1 is 1.14 bits per heavy atom. The number of hydrogen-bond donors (Lipinski definition) is 0. The SMILES string of the molecule is CC(=O)N1CCCc2cccc(OCC3CN(Cc4ccccc4)CCO3)c21. The van der Waals surface area contributed by atoms with E-state index < -0.39 is 0 Å². The molecule has 5 heteroatoms. The van der Waals surface area contributed by atoms with Gasteiger partial charge in [-0.05, 0) is 30.0 Å². The second-order valence-corrected chi connectivity index (χ2v) is 7.56. The van der Waals surface area contributed by atoms with Crippen molar-refractivity contribution in [1.82, 2.24) is 4.90 Å². The first kappa shape index (κ1) is 19.0. The van der Waals surface area contributed by atoms with Crippen LogP contribution in [0.1, 0.15) is 24.5 Å². The molecule has 2 aromatic rings. The molecule has 2 aliphatic rings. The number of nitrogens with zero attached hydrogens (tertiary/aromatic N) is 2. The largest absolute Gasteiger partial charge is 0.489 e. The minimum atomic E-state index is 0.0303. The summed E-state index contributed by atoms with van der Waals surface area (Å²) < 4.78 is 12.1. The highest BCUT2D eigenvalue weighted by atomic mass is 16.5. The molecule has 148 valence electrons. The Balaban J connectivity index is 1.40. The number of amides is 1. The highest BCUT2D eigenvalue weighted by molar-refractivity contribution is 5.94. The van der Waals surface area contributed by atoms with E-state index in [9.17, 15) is 4.79 Å². The van der Waals surface area contributed by atoms with E-state index in [1.54, 1.807) is 6.92 Å². The maximum atomic E-state index is 12.1. The Bertz CT molecular complexity index is 809. The summed E-state index contributed by atoms with van der Waals surface area (Å²) in [7, 11) is 0. The number of carbonyl (C=O) groups excluding carboxylic acids is 1. The number of benzene rings is 2. The Morgan fingerprint density at radius 2 is 2.00 bits per heavy atom. The molecule has 28 heavy (non-hydrogen) atoms. The smallest absolute Gasteiger partial charge is 0.223 e. The van der Waals surface area contributed by atoms with Crippen molar-refractivity contribution in [3.05, 3.63) is 59.7 Å². The summed E-state index contributed by atoms with van der Waals surface area (Å²) in [5.41, 5.74) is 3.45. The molecule has 0 bridgehead atoms. The van der Waals surface area contributed by atoms with Gasteiger partial charge in [0.05, 0.1) is 12.3 Å². The molecule has 1 saturated heterocycles. The standard InChI is InChI=1S/C23H28N2O3/c1-18(26)25-12-6-10-20-9-5-11-22(23(20)25)28-17-21-16-24(13-14-27-21)15-19-7-3-2-4-8-19/h2-5,7-9,11,21H,6,10,12-17H2,1H3. The Labute approximate surface area is 166 Å². The number of rotatable bonds is 5. The van der Waals surface area contributed by atoms with Crippen LogP contribution >= 0.6 is 0 Å². The summed E-state index contributed by atoms with van der Waals surface area (Å²) in [4.78, 5) is 16.3. The van der Waals surface area contributed by atoms with Crippen LogP contribution in [0.25, 0.3) is 0 Å². The van der Waals surface area contributed by atoms with E-state index in [1.807, 2.05) is 23.1 Å². The van der Waals surface area contributed by atoms with E-state index >= 15 is 0 Å². The van der Waals surface area contributed by atoms with Gasteiger partial charge in [0.15, 0.2) is 0 Å². The van der Waals surface area contributed by atoms with Gasteiger partial charge in [-0.25, -0.2) is 0 Å². The van der Waals surface area contributed by atoms with Gasteiger partial charge in [0.1, 0.15) is 18.5 Å². The van der Waals surface area contributed by atoms with E-state index in [1.165, 1.54) is 11.1 Å². The van der Waals surface area contributed by atoms with Crippen molar-refractivity contribution in [2.45, 2.75) is 32.4 Å². The van der Waals surface area contributed by atoms with E-state index in [-0.39, 0.29) is 12.0 Å². The zero-order valence-electron chi connectivity index (χ0n) is 16.5. The van der Waals surface area contributed by atoms with Crippen LogP contribution < -0.4 is 9.64 Å². The normalized spacial score (nSPS) is 19.9. The van der Waals surface area contributed by atoms with E-state index in [2.05, 4.69) is 35.2 Å². The fourth-order valence-corrected chi connectivity index (χ4v) is 4.10. The van der Waals surface area contributed by atoms with Crippen molar-refractivity contribution in [3.8, 4) is 5.75 Å². The number of ether oxygens (including phenoxy) is 2. The predicted molar refractivity (Wildman–Crippen MR) is 110 cm³/mol. The quantitative estimate of drug-likeness (QED) is 0.798. The van der Waals surface area contributed by atoms with Crippen molar-refractivity contribution in [1.29, 1.82) is 0 Å². The summed E-state index contributed by atoms with van der Waals surface area (Å²) in [6.45, 7) is 6.30. The summed E-state index contributed by atoms with van der Waals surface area (Å²) in [5, 5.41) is 0. The van der Waals surface area contributed by atoms with Crippen molar-refractivity contribution in [2.24, 2.45) is 0 Å². The number of anilines is 1. The lowest BCUT2D eigenvalue weighted by molar-refractivity contribution is -0.116. The van der Waals surface area contributed by atoms with Crippen molar-refractivity contribution < 1.29 is 14.3 Å². The van der Waals surface area contributed by atoms with Gasteiger partial charge in [-0.1, -0.05) is 42.5 Å². The van der Waals surface area contributed by atoms with Gasteiger partial charge in [0.2, 0.25) is 5.91 Å². The van der Waals surface area contributed by atoms with Gasteiger partial charge in [-0.2, -0.15) is 0 Å². The molecule has 2 aliphatic heterocycles. The first-order valence-electron chi connectivity index (χ1n) is 10.1. The summed E-state index contributed by atoms with van der Waals surface area (Å²) in [5.74, 6) is 0.858. The molecule has 0 N–H and O–H groups in total. The second-order valence-electron chi connectivity index (χ2n) is 7.56.